The zero-order chi connectivity index (χ0) is 14.3. The summed E-state index contributed by atoms with van der Waals surface area (Å²) in [7, 11) is 0. The Morgan fingerprint density at radius 2 is 2.00 bits per heavy atom. The summed E-state index contributed by atoms with van der Waals surface area (Å²) in [5, 5.41) is 23.4. The minimum atomic E-state index is -1.32. The second-order valence-electron chi connectivity index (χ2n) is 3.93. The largest absolute Gasteiger partial charge is 0.544 e. The van der Waals surface area contributed by atoms with Crippen LogP contribution in [0.25, 0.3) is 0 Å². The molecule has 0 heterocycles. The van der Waals surface area contributed by atoms with Crippen LogP contribution in [0.15, 0.2) is 28.7 Å². The predicted octanol–water partition coefficient (Wildman–Crippen LogP) is -1.55. The molecule has 0 saturated carbocycles. The number of nitrogens with two attached hydrogens (primary N) is 1. The molecule has 1 atom stereocenters. The summed E-state index contributed by atoms with van der Waals surface area (Å²) in [6.45, 7) is 0.0579. The highest BCUT2D eigenvalue weighted by atomic mass is 79.9. The number of benzene rings is 1. The Bertz CT molecular complexity index is 436. The number of aliphatic hydroxyl groups is 1. The van der Waals surface area contributed by atoms with Gasteiger partial charge >= 0.3 is 0 Å². The molecule has 0 aliphatic rings. The van der Waals surface area contributed by atoms with E-state index in [0.717, 1.165) is 4.47 Å². The predicted molar refractivity (Wildman–Crippen MR) is 70.1 cm³/mol. The normalized spacial score (nSPS) is 11.9. The zero-order valence-electron chi connectivity index (χ0n) is 10.1. The lowest BCUT2D eigenvalue weighted by atomic mass is 10.2. The maximum atomic E-state index is 11.7. The maximum absolute atomic E-state index is 11.7. The molecule has 1 aromatic carbocycles. The number of anilines is 1. The molecule has 0 radical (unpaired) electrons. The summed E-state index contributed by atoms with van der Waals surface area (Å²) in [5.74, 6) is -1.73. The highest BCUT2D eigenvalue weighted by molar-refractivity contribution is 9.10. The van der Waals surface area contributed by atoms with Crippen molar-refractivity contribution in [1.82, 2.24) is 0 Å². The van der Waals surface area contributed by atoms with Crippen LogP contribution in [0.4, 0.5) is 5.69 Å². The lowest BCUT2D eigenvalue weighted by molar-refractivity contribution is -0.683. The Balaban J connectivity index is 2.52. The van der Waals surface area contributed by atoms with Crippen molar-refractivity contribution in [3.05, 3.63) is 28.7 Å². The van der Waals surface area contributed by atoms with E-state index < -0.39 is 17.9 Å². The summed E-state index contributed by atoms with van der Waals surface area (Å²) < 4.78 is 0.884. The number of hydrogen-bond donors (Lipinski definition) is 3. The fraction of sp³-hybridized carbons (Fsp3) is 0.333. The summed E-state index contributed by atoms with van der Waals surface area (Å²) >= 11 is 3.27. The first kappa shape index (κ1) is 15.6. The van der Waals surface area contributed by atoms with Gasteiger partial charge in [0.25, 0.3) is 0 Å². The first-order valence-corrected chi connectivity index (χ1v) is 6.52. The van der Waals surface area contributed by atoms with E-state index in [0.29, 0.717) is 5.69 Å². The number of rotatable bonds is 7. The van der Waals surface area contributed by atoms with Gasteiger partial charge < -0.3 is 25.6 Å². The van der Waals surface area contributed by atoms with Gasteiger partial charge in [-0.3, -0.25) is 4.79 Å². The van der Waals surface area contributed by atoms with Crippen LogP contribution in [-0.2, 0) is 9.59 Å². The molecule has 19 heavy (non-hydrogen) atoms. The van der Waals surface area contributed by atoms with Crippen molar-refractivity contribution < 1.29 is 25.1 Å². The van der Waals surface area contributed by atoms with Gasteiger partial charge in [0.05, 0.1) is 25.5 Å². The molecule has 0 spiro atoms. The number of amides is 1. The molecule has 0 saturated heterocycles. The van der Waals surface area contributed by atoms with Gasteiger partial charge in [-0.1, -0.05) is 15.9 Å². The third-order valence-corrected chi connectivity index (χ3v) is 2.94. The average Bonchev–Trinajstić information content (AvgIpc) is 2.37. The Kier molecular flexibility index (Phi) is 6.48. The first-order chi connectivity index (χ1) is 9.02. The van der Waals surface area contributed by atoms with E-state index in [9.17, 15) is 14.7 Å². The Morgan fingerprint density at radius 1 is 1.37 bits per heavy atom. The average molecular weight is 331 g/mol. The maximum Gasteiger partial charge on any atom is 0.230 e. The number of carbonyl (C=O) groups is 2. The molecular weight excluding hydrogens is 316 g/mol. The minimum Gasteiger partial charge on any atom is -0.544 e. The van der Waals surface area contributed by atoms with Gasteiger partial charge in [-0.25, -0.2) is 0 Å². The first-order valence-electron chi connectivity index (χ1n) is 5.73. The smallest absolute Gasteiger partial charge is 0.230 e. The molecule has 0 aromatic heterocycles. The highest BCUT2D eigenvalue weighted by Gasteiger charge is 2.17. The van der Waals surface area contributed by atoms with Crippen LogP contribution >= 0.6 is 15.9 Å². The second kappa shape index (κ2) is 7.88. The van der Waals surface area contributed by atoms with Crippen LogP contribution in [0, 0.1) is 0 Å². The molecule has 0 fully saturated rings. The van der Waals surface area contributed by atoms with Gasteiger partial charge in [-0.2, -0.15) is 0 Å². The second-order valence-corrected chi connectivity index (χ2v) is 4.85. The van der Waals surface area contributed by atoms with Crippen molar-refractivity contribution in [3.8, 4) is 0 Å². The SMILES string of the molecule is O=C(C[C@H]([NH2+]CCO)C(=O)[O-])Nc1ccc(Br)cc1. The van der Waals surface area contributed by atoms with Gasteiger partial charge in [0.15, 0.2) is 0 Å². The van der Waals surface area contributed by atoms with Gasteiger partial charge in [-0.15, -0.1) is 0 Å². The zero-order valence-corrected chi connectivity index (χ0v) is 11.7. The van der Waals surface area contributed by atoms with Crippen molar-refractivity contribution in [2.24, 2.45) is 0 Å². The van der Waals surface area contributed by atoms with Gasteiger partial charge in [0, 0.05) is 10.2 Å². The van der Waals surface area contributed by atoms with E-state index in [1.807, 2.05) is 0 Å². The fourth-order valence-corrected chi connectivity index (χ4v) is 1.75. The number of carboxylic acid groups (broad SMARTS) is 1. The summed E-state index contributed by atoms with van der Waals surface area (Å²) in [5.41, 5.74) is 0.590. The summed E-state index contributed by atoms with van der Waals surface area (Å²) in [6, 6.07) is 5.94. The molecule has 104 valence electrons. The summed E-state index contributed by atoms with van der Waals surface area (Å²) in [6.07, 6.45) is -0.210. The Hall–Kier alpha value is -1.44. The third kappa shape index (κ3) is 5.82. The summed E-state index contributed by atoms with van der Waals surface area (Å²) in [4.78, 5) is 22.5. The van der Waals surface area contributed by atoms with E-state index in [-0.39, 0.29) is 19.6 Å². The lowest BCUT2D eigenvalue weighted by Gasteiger charge is -2.15. The van der Waals surface area contributed by atoms with Crippen LogP contribution in [-0.4, -0.2) is 36.2 Å². The van der Waals surface area contributed by atoms with E-state index in [2.05, 4.69) is 21.2 Å². The number of nitrogens with one attached hydrogen (secondary N) is 1. The standard InChI is InChI=1S/C12H15BrN2O4/c13-8-1-3-9(4-2-8)15-11(17)7-10(12(18)19)14-5-6-16/h1-4,10,14,16H,5-7H2,(H,15,17)(H,18,19)/t10-/m0/s1. The Labute approximate surface area is 118 Å². The molecule has 0 unspecified atom stereocenters. The van der Waals surface area contributed by atoms with Gasteiger partial charge in [0.1, 0.15) is 6.04 Å². The molecule has 6 nitrogen and oxygen atoms in total. The topological polar surface area (TPSA) is 106 Å². The van der Waals surface area contributed by atoms with Crippen LogP contribution in [0.3, 0.4) is 0 Å². The molecule has 1 amide bonds. The molecular formula is C12H15BrN2O4. The van der Waals surface area contributed by atoms with Crippen molar-refractivity contribution >= 4 is 33.5 Å². The van der Waals surface area contributed by atoms with Crippen molar-refractivity contribution in [2.75, 3.05) is 18.5 Å². The van der Waals surface area contributed by atoms with E-state index in [1.54, 1.807) is 24.3 Å². The van der Waals surface area contributed by atoms with Gasteiger partial charge in [0.2, 0.25) is 5.91 Å². The number of quaternary nitrogens is 1. The molecule has 7 heteroatoms. The Morgan fingerprint density at radius 3 is 2.53 bits per heavy atom. The lowest BCUT2D eigenvalue weighted by Crippen LogP contribution is -2.94. The van der Waals surface area contributed by atoms with Gasteiger partial charge in [-0.05, 0) is 24.3 Å². The van der Waals surface area contributed by atoms with E-state index in [4.69, 9.17) is 5.11 Å². The van der Waals surface area contributed by atoms with Crippen molar-refractivity contribution in [3.63, 3.8) is 0 Å². The molecule has 1 rings (SSSR count). The fourth-order valence-electron chi connectivity index (χ4n) is 1.48. The van der Waals surface area contributed by atoms with E-state index in [1.165, 1.54) is 5.32 Å². The number of halogens is 1. The number of carboxylic acids is 1. The highest BCUT2D eigenvalue weighted by Crippen LogP contribution is 2.14. The van der Waals surface area contributed by atoms with Crippen LogP contribution in [0.1, 0.15) is 6.42 Å². The number of carbonyl (C=O) groups excluding carboxylic acids is 2. The third-order valence-electron chi connectivity index (χ3n) is 2.42. The molecule has 1 aromatic rings. The van der Waals surface area contributed by atoms with Crippen LogP contribution in [0.2, 0.25) is 0 Å². The van der Waals surface area contributed by atoms with Crippen LogP contribution < -0.4 is 15.7 Å². The number of hydrogen-bond acceptors (Lipinski definition) is 4. The van der Waals surface area contributed by atoms with Crippen molar-refractivity contribution in [2.45, 2.75) is 12.5 Å². The minimum absolute atomic E-state index is 0.155. The monoisotopic (exact) mass is 330 g/mol. The van der Waals surface area contributed by atoms with E-state index >= 15 is 0 Å². The molecule has 4 N–H and O–H groups in total. The number of aliphatic carboxylic acids is 1. The van der Waals surface area contributed by atoms with Crippen LogP contribution in [0.5, 0.6) is 0 Å². The van der Waals surface area contributed by atoms with Crippen molar-refractivity contribution in [1.29, 1.82) is 0 Å². The molecule has 0 aliphatic heterocycles. The molecule has 0 bridgehead atoms. The number of aliphatic hydroxyl groups excluding tert-OH is 1. The quantitative estimate of drug-likeness (QED) is 0.562. The molecule has 0 aliphatic carbocycles.